The highest BCUT2D eigenvalue weighted by Gasteiger charge is 2.38. The second-order valence-electron chi connectivity index (χ2n) is 4.80. The van der Waals surface area contributed by atoms with Gasteiger partial charge in [0.05, 0.1) is 5.60 Å². The van der Waals surface area contributed by atoms with Crippen LogP contribution in [-0.2, 0) is 9.53 Å². The fourth-order valence-electron chi connectivity index (χ4n) is 2.23. The molecule has 0 bridgehead atoms. The Balaban J connectivity index is 2.20. The van der Waals surface area contributed by atoms with Gasteiger partial charge in [0.15, 0.2) is 5.78 Å². The molecule has 0 fully saturated rings. The van der Waals surface area contributed by atoms with Gasteiger partial charge in [0, 0.05) is 0 Å². The molecule has 0 aromatic heterocycles. The summed E-state index contributed by atoms with van der Waals surface area (Å²) >= 11 is 0. The van der Waals surface area contributed by atoms with Crippen molar-refractivity contribution in [3.05, 3.63) is 24.3 Å². The molecule has 0 aromatic rings. The Kier molecular flexibility index (Phi) is 2.79. The Morgan fingerprint density at radius 2 is 2.27 bits per heavy atom. The fraction of sp³-hybridized carbons (Fsp3) is 0.615. The van der Waals surface area contributed by atoms with E-state index in [1.54, 1.807) is 6.08 Å². The number of carbonyl (C=O) groups is 1. The maximum atomic E-state index is 11.6. The highest BCUT2D eigenvalue weighted by atomic mass is 16.5. The van der Waals surface area contributed by atoms with Crippen molar-refractivity contribution < 1.29 is 9.53 Å². The summed E-state index contributed by atoms with van der Waals surface area (Å²) in [6.07, 6.45) is 10.7. The number of ether oxygens (including phenoxy) is 1. The van der Waals surface area contributed by atoms with E-state index in [-0.39, 0.29) is 23.4 Å². The minimum Gasteiger partial charge on any atom is -0.359 e. The van der Waals surface area contributed by atoms with E-state index in [0.29, 0.717) is 0 Å². The smallest absolute Gasteiger partial charge is 0.184 e. The molecule has 0 amide bonds. The third kappa shape index (κ3) is 2.05. The molecule has 2 nitrogen and oxygen atoms in total. The quantitative estimate of drug-likeness (QED) is 0.616. The first-order chi connectivity index (χ1) is 7.13. The van der Waals surface area contributed by atoms with Crippen molar-refractivity contribution in [3.8, 4) is 0 Å². The fourth-order valence-corrected chi connectivity index (χ4v) is 2.23. The SMILES string of the molecule is CC(C)[C@H]1OC2(C=CC1=O)CC=CCC2. The van der Waals surface area contributed by atoms with Crippen molar-refractivity contribution in [2.45, 2.75) is 44.8 Å². The summed E-state index contributed by atoms with van der Waals surface area (Å²) in [6.45, 7) is 4.07. The van der Waals surface area contributed by atoms with Gasteiger partial charge in [-0.1, -0.05) is 26.0 Å². The van der Waals surface area contributed by atoms with Crippen molar-refractivity contribution in [1.82, 2.24) is 0 Å². The lowest BCUT2D eigenvalue weighted by atomic mass is 9.85. The second kappa shape index (κ2) is 3.93. The predicted octanol–water partition coefficient (Wildman–Crippen LogP) is 2.65. The molecule has 2 rings (SSSR count). The molecule has 1 aliphatic heterocycles. The topological polar surface area (TPSA) is 26.3 Å². The number of carbonyl (C=O) groups excluding carboxylic acids is 1. The monoisotopic (exact) mass is 206 g/mol. The van der Waals surface area contributed by atoms with Crippen LogP contribution < -0.4 is 0 Å². The van der Waals surface area contributed by atoms with Gasteiger partial charge in [-0.2, -0.15) is 0 Å². The van der Waals surface area contributed by atoms with E-state index in [1.165, 1.54) is 0 Å². The van der Waals surface area contributed by atoms with Crippen LogP contribution in [0.4, 0.5) is 0 Å². The van der Waals surface area contributed by atoms with Crippen LogP contribution in [0, 0.1) is 5.92 Å². The summed E-state index contributed by atoms with van der Waals surface area (Å²) in [4.78, 5) is 11.6. The van der Waals surface area contributed by atoms with Crippen LogP contribution in [0.25, 0.3) is 0 Å². The van der Waals surface area contributed by atoms with Gasteiger partial charge >= 0.3 is 0 Å². The zero-order valence-corrected chi connectivity index (χ0v) is 9.40. The minimum absolute atomic E-state index is 0.116. The van der Waals surface area contributed by atoms with E-state index >= 15 is 0 Å². The molecule has 1 unspecified atom stereocenters. The Morgan fingerprint density at radius 1 is 1.47 bits per heavy atom. The molecule has 1 aliphatic carbocycles. The number of rotatable bonds is 1. The van der Waals surface area contributed by atoms with Gasteiger partial charge in [0.2, 0.25) is 0 Å². The van der Waals surface area contributed by atoms with Crippen molar-refractivity contribution in [1.29, 1.82) is 0 Å². The summed E-state index contributed by atoms with van der Waals surface area (Å²) in [5.41, 5.74) is -0.197. The minimum atomic E-state index is -0.249. The van der Waals surface area contributed by atoms with Crippen LogP contribution in [-0.4, -0.2) is 17.5 Å². The zero-order valence-electron chi connectivity index (χ0n) is 9.40. The number of ketones is 1. The molecule has 1 spiro atoms. The maximum Gasteiger partial charge on any atom is 0.184 e. The van der Waals surface area contributed by atoms with E-state index in [2.05, 4.69) is 12.2 Å². The zero-order chi connectivity index (χ0) is 10.9. The third-order valence-corrected chi connectivity index (χ3v) is 3.16. The summed E-state index contributed by atoms with van der Waals surface area (Å²) in [7, 11) is 0. The van der Waals surface area contributed by atoms with E-state index < -0.39 is 0 Å². The van der Waals surface area contributed by atoms with Crippen LogP contribution in [0.5, 0.6) is 0 Å². The van der Waals surface area contributed by atoms with Gasteiger partial charge in [0.1, 0.15) is 6.10 Å². The van der Waals surface area contributed by atoms with Crippen LogP contribution in [0.1, 0.15) is 33.1 Å². The number of hydrogen-bond acceptors (Lipinski definition) is 2. The van der Waals surface area contributed by atoms with Gasteiger partial charge in [-0.25, -0.2) is 0 Å². The van der Waals surface area contributed by atoms with Crippen LogP contribution in [0.3, 0.4) is 0 Å². The summed E-state index contributed by atoms with van der Waals surface area (Å²) in [5, 5.41) is 0. The highest BCUT2D eigenvalue weighted by Crippen LogP contribution is 2.34. The first kappa shape index (κ1) is 10.6. The van der Waals surface area contributed by atoms with E-state index in [1.807, 2.05) is 19.9 Å². The molecule has 2 heteroatoms. The highest BCUT2D eigenvalue weighted by molar-refractivity contribution is 5.94. The first-order valence-electron chi connectivity index (χ1n) is 5.69. The maximum absolute atomic E-state index is 11.6. The van der Waals surface area contributed by atoms with Crippen LogP contribution >= 0.6 is 0 Å². The molecule has 0 radical (unpaired) electrons. The van der Waals surface area contributed by atoms with Crippen LogP contribution in [0.15, 0.2) is 24.3 Å². The van der Waals surface area contributed by atoms with Gasteiger partial charge < -0.3 is 4.74 Å². The lowest BCUT2D eigenvalue weighted by Gasteiger charge is -2.39. The van der Waals surface area contributed by atoms with Gasteiger partial charge in [-0.3, -0.25) is 4.79 Å². The predicted molar refractivity (Wildman–Crippen MR) is 59.6 cm³/mol. The molecule has 82 valence electrons. The van der Waals surface area contributed by atoms with Crippen molar-refractivity contribution in [3.63, 3.8) is 0 Å². The van der Waals surface area contributed by atoms with Crippen LogP contribution in [0.2, 0.25) is 0 Å². The Bertz CT molecular complexity index is 314. The Morgan fingerprint density at radius 3 is 2.87 bits per heavy atom. The average Bonchev–Trinajstić information content (AvgIpc) is 2.23. The average molecular weight is 206 g/mol. The third-order valence-electron chi connectivity index (χ3n) is 3.16. The second-order valence-corrected chi connectivity index (χ2v) is 4.80. The lowest BCUT2D eigenvalue weighted by molar-refractivity contribution is -0.145. The molecule has 2 atom stereocenters. The molecule has 0 N–H and O–H groups in total. The molecule has 15 heavy (non-hydrogen) atoms. The van der Waals surface area contributed by atoms with Gasteiger partial charge in [0.25, 0.3) is 0 Å². The Hall–Kier alpha value is -0.890. The first-order valence-corrected chi connectivity index (χ1v) is 5.69. The molecule has 1 heterocycles. The number of hydrogen-bond donors (Lipinski definition) is 0. The van der Waals surface area contributed by atoms with Gasteiger partial charge in [-0.05, 0) is 37.3 Å². The molecule has 2 aliphatic rings. The van der Waals surface area contributed by atoms with Crippen molar-refractivity contribution >= 4 is 5.78 Å². The standard InChI is InChI=1S/C13H18O2/c1-10(2)12-11(14)6-9-13(15-12)7-4-3-5-8-13/h3-4,6,9-10,12H,5,7-8H2,1-2H3/t12-,13?/m1/s1. The van der Waals surface area contributed by atoms with E-state index in [9.17, 15) is 4.79 Å². The lowest BCUT2D eigenvalue weighted by Crippen LogP contribution is -2.44. The Labute approximate surface area is 91.0 Å². The number of allylic oxidation sites excluding steroid dienone is 1. The normalized spacial score (nSPS) is 35.4. The van der Waals surface area contributed by atoms with Crippen molar-refractivity contribution in [2.24, 2.45) is 5.92 Å². The largest absolute Gasteiger partial charge is 0.359 e. The molecular weight excluding hydrogens is 188 g/mol. The summed E-state index contributed by atoms with van der Waals surface area (Å²) < 4.78 is 6.00. The molecule has 0 saturated heterocycles. The van der Waals surface area contributed by atoms with Crippen molar-refractivity contribution in [2.75, 3.05) is 0 Å². The molecule has 0 saturated carbocycles. The van der Waals surface area contributed by atoms with Gasteiger partial charge in [-0.15, -0.1) is 0 Å². The van der Waals surface area contributed by atoms with E-state index in [4.69, 9.17) is 4.74 Å². The summed E-state index contributed by atoms with van der Waals surface area (Å²) in [6, 6.07) is 0. The molecule has 0 aromatic carbocycles. The summed E-state index contributed by atoms with van der Waals surface area (Å²) in [5.74, 6) is 0.371. The molecular formula is C13H18O2. The van der Waals surface area contributed by atoms with E-state index in [0.717, 1.165) is 19.3 Å².